The lowest BCUT2D eigenvalue weighted by molar-refractivity contribution is 0.425. The van der Waals surface area contributed by atoms with E-state index in [4.69, 9.17) is 10.2 Å². The van der Waals surface area contributed by atoms with Gasteiger partial charge >= 0.3 is 0 Å². The van der Waals surface area contributed by atoms with Crippen molar-refractivity contribution in [1.82, 2.24) is 4.98 Å². The molecule has 0 amide bonds. The van der Waals surface area contributed by atoms with Crippen LogP contribution in [-0.2, 0) is 0 Å². The normalized spacial score (nSPS) is 9.70. The van der Waals surface area contributed by atoms with E-state index in [9.17, 15) is 0 Å². The number of nitrogens with one attached hydrogen (secondary N) is 1. The Kier molecular flexibility index (Phi) is 1.41. The maximum atomic E-state index is 9.03. The van der Waals surface area contributed by atoms with Crippen molar-refractivity contribution in [2.24, 2.45) is 0 Å². The Hall–Kier alpha value is -1.38. The summed E-state index contributed by atoms with van der Waals surface area (Å²) >= 11 is 0. The van der Waals surface area contributed by atoms with Crippen LogP contribution in [0.5, 0.6) is 11.8 Å². The first-order valence-electron chi connectivity index (χ1n) is 2.88. The van der Waals surface area contributed by atoms with Crippen molar-refractivity contribution in [2.45, 2.75) is 6.92 Å². The minimum absolute atomic E-state index is 0.0370. The molecule has 0 aromatic carbocycles. The summed E-state index contributed by atoms with van der Waals surface area (Å²) in [5, 5.41) is 17.9. The second-order valence-corrected chi connectivity index (χ2v) is 2.20. The minimum Gasteiger partial charge on any atom is -0.494 e. The molecule has 0 saturated heterocycles. The zero-order valence-corrected chi connectivity index (χ0v) is 5.68. The number of allylic oxidation sites excluding steroid dienone is 1. The highest BCUT2D eigenvalue weighted by molar-refractivity contribution is 5.66. The van der Waals surface area contributed by atoms with Crippen LogP contribution >= 0.6 is 0 Å². The molecule has 0 radical (unpaired) electrons. The smallest absolute Gasteiger partial charge is 0.198 e. The van der Waals surface area contributed by atoms with Gasteiger partial charge in [0, 0.05) is 11.6 Å². The topological polar surface area (TPSA) is 56.2 Å². The number of H-pyrrole nitrogens is 1. The SMILES string of the molecule is C=C(C)c1cc(O)[nH]c1O. The average Bonchev–Trinajstić information content (AvgIpc) is 2.10. The van der Waals surface area contributed by atoms with Crippen molar-refractivity contribution in [3.63, 3.8) is 0 Å². The summed E-state index contributed by atoms with van der Waals surface area (Å²) < 4.78 is 0. The van der Waals surface area contributed by atoms with E-state index in [0.717, 1.165) is 0 Å². The van der Waals surface area contributed by atoms with Crippen molar-refractivity contribution in [3.05, 3.63) is 18.2 Å². The number of hydrogen-bond donors (Lipinski definition) is 3. The van der Waals surface area contributed by atoms with Crippen molar-refractivity contribution in [3.8, 4) is 11.8 Å². The lowest BCUT2D eigenvalue weighted by atomic mass is 10.2. The Bertz CT molecular complexity index is 263. The van der Waals surface area contributed by atoms with E-state index in [1.807, 2.05) is 0 Å². The standard InChI is InChI=1S/C7H9NO2/c1-4(2)5-3-6(9)8-7(5)10/h3,8-10H,1H2,2H3. The summed E-state index contributed by atoms with van der Waals surface area (Å²) in [6.45, 7) is 5.36. The number of rotatable bonds is 1. The van der Waals surface area contributed by atoms with Gasteiger partial charge in [0.2, 0.25) is 0 Å². The second kappa shape index (κ2) is 2.10. The van der Waals surface area contributed by atoms with E-state index in [-0.39, 0.29) is 11.8 Å². The highest BCUT2D eigenvalue weighted by Crippen LogP contribution is 2.26. The molecule has 0 spiro atoms. The van der Waals surface area contributed by atoms with Crippen molar-refractivity contribution in [2.75, 3.05) is 0 Å². The second-order valence-electron chi connectivity index (χ2n) is 2.20. The summed E-state index contributed by atoms with van der Waals surface area (Å²) in [6, 6.07) is 1.43. The molecule has 0 bridgehead atoms. The predicted octanol–water partition coefficient (Wildman–Crippen LogP) is 1.46. The van der Waals surface area contributed by atoms with Gasteiger partial charge in [-0.3, -0.25) is 4.98 Å². The van der Waals surface area contributed by atoms with Crippen molar-refractivity contribution >= 4 is 5.57 Å². The van der Waals surface area contributed by atoms with E-state index in [1.54, 1.807) is 6.92 Å². The van der Waals surface area contributed by atoms with Crippen LogP contribution in [0, 0.1) is 0 Å². The third kappa shape index (κ3) is 0.978. The third-order valence-electron chi connectivity index (χ3n) is 1.24. The molecule has 1 aromatic heterocycles. The van der Waals surface area contributed by atoms with E-state index in [0.29, 0.717) is 11.1 Å². The Morgan fingerprint density at radius 2 is 2.20 bits per heavy atom. The zero-order valence-electron chi connectivity index (χ0n) is 5.68. The van der Waals surface area contributed by atoms with Crippen molar-refractivity contribution in [1.29, 1.82) is 0 Å². The van der Waals surface area contributed by atoms with Crippen LogP contribution in [0.25, 0.3) is 5.57 Å². The molecule has 0 fully saturated rings. The molecule has 54 valence electrons. The van der Waals surface area contributed by atoms with E-state index < -0.39 is 0 Å². The molecule has 1 heterocycles. The molecular formula is C7H9NO2. The van der Waals surface area contributed by atoms with Crippen LogP contribution in [0.15, 0.2) is 12.6 Å². The maximum Gasteiger partial charge on any atom is 0.198 e. The quantitative estimate of drug-likeness (QED) is 0.551. The van der Waals surface area contributed by atoms with E-state index >= 15 is 0 Å². The number of aromatic hydroxyl groups is 2. The molecule has 10 heavy (non-hydrogen) atoms. The minimum atomic E-state index is -0.0458. The largest absolute Gasteiger partial charge is 0.494 e. The molecule has 1 rings (SSSR count). The molecule has 0 aliphatic rings. The van der Waals surface area contributed by atoms with E-state index in [1.165, 1.54) is 6.07 Å². The van der Waals surface area contributed by atoms with Gasteiger partial charge in [0.25, 0.3) is 0 Å². The summed E-state index contributed by atoms with van der Waals surface area (Å²) in [5.41, 5.74) is 1.27. The van der Waals surface area contributed by atoms with Crippen LogP contribution in [0.3, 0.4) is 0 Å². The lowest BCUT2D eigenvalue weighted by Gasteiger charge is -1.91. The van der Waals surface area contributed by atoms with Gasteiger partial charge < -0.3 is 10.2 Å². The number of hydrogen-bond acceptors (Lipinski definition) is 2. The lowest BCUT2D eigenvalue weighted by Crippen LogP contribution is -1.71. The summed E-state index contributed by atoms with van der Waals surface area (Å²) in [4.78, 5) is 2.34. The van der Waals surface area contributed by atoms with Gasteiger partial charge in [0.1, 0.15) is 0 Å². The average molecular weight is 139 g/mol. The molecular weight excluding hydrogens is 130 g/mol. The maximum absolute atomic E-state index is 9.03. The number of aromatic nitrogens is 1. The van der Waals surface area contributed by atoms with Gasteiger partial charge in [-0.2, -0.15) is 0 Å². The molecule has 3 N–H and O–H groups in total. The van der Waals surface area contributed by atoms with Crippen molar-refractivity contribution < 1.29 is 10.2 Å². The van der Waals surface area contributed by atoms with Gasteiger partial charge in [0.05, 0.1) is 0 Å². The van der Waals surface area contributed by atoms with Crippen LogP contribution in [-0.4, -0.2) is 15.2 Å². The first-order valence-corrected chi connectivity index (χ1v) is 2.88. The summed E-state index contributed by atoms with van der Waals surface area (Å²) in [6.07, 6.45) is 0. The van der Waals surface area contributed by atoms with Gasteiger partial charge in [0.15, 0.2) is 11.8 Å². The highest BCUT2D eigenvalue weighted by Gasteiger charge is 2.04. The highest BCUT2D eigenvalue weighted by atomic mass is 16.3. The predicted molar refractivity (Wildman–Crippen MR) is 38.8 cm³/mol. The monoisotopic (exact) mass is 139 g/mol. The Balaban J connectivity index is 3.15. The van der Waals surface area contributed by atoms with Crippen LogP contribution < -0.4 is 0 Å². The summed E-state index contributed by atoms with van der Waals surface area (Å²) in [7, 11) is 0. The van der Waals surface area contributed by atoms with Crippen LogP contribution in [0.4, 0.5) is 0 Å². The Labute approximate surface area is 58.6 Å². The molecule has 0 saturated carbocycles. The fourth-order valence-corrected chi connectivity index (χ4v) is 0.755. The Morgan fingerprint density at radius 1 is 1.60 bits per heavy atom. The molecule has 3 nitrogen and oxygen atoms in total. The van der Waals surface area contributed by atoms with Gasteiger partial charge in [-0.25, -0.2) is 0 Å². The van der Waals surface area contributed by atoms with Crippen LogP contribution in [0.2, 0.25) is 0 Å². The number of aromatic amines is 1. The van der Waals surface area contributed by atoms with E-state index in [2.05, 4.69) is 11.6 Å². The molecule has 1 aromatic rings. The molecule has 3 heteroatoms. The fourth-order valence-electron chi connectivity index (χ4n) is 0.755. The first-order chi connectivity index (χ1) is 4.61. The van der Waals surface area contributed by atoms with Gasteiger partial charge in [-0.1, -0.05) is 6.58 Å². The molecule has 0 aliphatic heterocycles. The molecule has 0 aliphatic carbocycles. The third-order valence-corrected chi connectivity index (χ3v) is 1.24. The van der Waals surface area contributed by atoms with Gasteiger partial charge in [-0.15, -0.1) is 0 Å². The fraction of sp³-hybridized carbons (Fsp3) is 0.143. The molecule has 0 atom stereocenters. The molecule has 0 unspecified atom stereocenters. The van der Waals surface area contributed by atoms with Gasteiger partial charge in [-0.05, 0) is 12.5 Å². The Morgan fingerprint density at radius 3 is 2.40 bits per heavy atom. The van der Waals surface area contributed by atoms with Crippen LogP contribution in [0.1, 0.15) is 12.5 Å². The zero-order chi connectivity index (χ0) is 7.72. The summed E-state index contributed by atoms with van der Waals surface area (Å²) in [5.74, 6) is -0.0829. The first kappa shape index (κ1) is 6.74.